The summed E-state index contributed by atoms with van der Waals surface area (Å²) in [5.74, 6) is -5.21. The van der Waals surface area contributed by atoms with Crippen LogP contribution in [0.5, 0.6) is 0 Å². The van der Waals surface area contributed by atoms with Crippen molar-refractivity contribution in [2.45, 2.75) is 65.7 Å². The molecule has 0 aliphatic heterocycles. The van der Waals surface area contributed by atoms with Crippen LogP contribution in [0.15, 0.2) is 60.7 Å². The van der Waals surface area contributed by atoms with Gasteiger partial charge in [0, 0.05) is 32.1 Å². The summed E-state index contributed by atoms with van der Waals surface area (Å²) < 4.78 is 41.1. The largest absolute Gasteiger partial charge is 0.464 e. The summed E-state index contributed by atoms with van der Waals surface area (Å²) in [7, 11) is -3.83. The summed E-state index contributed by atoms with van der Waals surface area (Å²) >= 11 is 0. The van der Waals surface area contributed by atoms with E-state index < -0.39 is 61.2 Å². The Morgan fingerprint density at radius 3 is 1.76 bits per heavy atom. The van der Waals surface area contributed by atoms with E-state index in [4.69, 9.17) is 23.5 Å². The number of amides is 1. The molecule has 46 heavy (non-hydrogen) atoms. The number of benzene rings is 2. The van der Waals surface area contributed by atoms with E-state index in [1.54, 1.807) is 31.2 Å². The Bertz CT molecular complexity index is 1320. The van der Waals surface area contributed by atoms with Crippen molar-refractivity contribution in [3.63, 3.8) is 0 Å². The predicted octanol–water partition coefficient (Wildman–Crippen LogP) is 4.58. The Balaban J connectivity index is 2.31. The fraction of sp³-hybridized carbons (Fsp3) is 0.485. The molecule has 2 atom stereocenters. The van der Waals surface area contributed by atoms with Gasteiger partial charge in [-0.3, -0.25) is 18.9 Å². The molecule has 0 spiro atoms. The van der Waals surface area contributed by atoms with E-state index in [-0.39, 0.29) is 52.0 Å². The van der Waals surface area contributed by atoms with E-state index in [9.17, 15) is 28.5 Å². The lowest BCUT2D eigenvalue weighted by atomic mass is 9.96. The number of hydrogen-bond acceptors (Lipinski definition) is 11. The maximum Gasteiger partial charge on any atom is 0.343 e. The van der Waals surface area contributed by atoms with Gasteiger partial charge in [-0.2, -0.15) is 0 Å². The van der Waals surface area contributed by atoms with Crippen LogP contribution in [-0.2, 0) is 65.2 Å². The molecule has 0 aliphatic rings. The molecule has 0 bridgehead atoms. The summed E-state index contributed by atoms with van der Waals surface area (Å²) in [6, 6.07) is 18.1. The average molecular weight is 662 g/mol. The minimum Gasteiger partial charge on any atom is -0.464 e. The predicted molar refractivity (Wildman–Crippen MR) is 169 cm³/mol. The van der Waals surface area contributed by atoms with Crippen LogP contribution in [-0.4, -0.2) is 67.5 Å². The van der Waals surface area contributed by atoms with Crippen molar-refractivity contribution in [3.05, 3.63) is 71.8 Å². The van der Waals surface area contributed by atoms with E-state index >= 15 is 0 Å². The fourth-order valence-electron chi connectivity index (χ4n) is 4.61. The molecule has 0 saturated carbocycles. The first-order valence-corrected chi connectivity index (χ1v) is 17.2. The van der Waals surface area contributed by atoms with E-state index in [1.165, 1.54) is 13.8 Å². The van der Waals surface area contributed by atoms with Gasteiger partial charge in [-0.05, 0) is 38.3 Å². The Hall–Kier alpha value is -4.02. The second kappa shape index (κ2) is 19.5. The van der Waals surface area contributed by atoms with Crippen molar-refractivity contribution < 1.29 is 52.0 Å². The Morgan fingerprint density at radius 1 is 0.761 bits per heavy atom. The number of carbonyl (C=O) groups is 5. The van der Waals surface area contributed by atoms with Crippen molar-refractivity contribution in [2.24, 2.45) is 5.92 Å². The molecule has 13 heteroatoms. The number of hydrogen-bond donors (Lipinski definition) is 1. The van der Waals surface area contributed by atoms with Gasteiger partial charge in [-0.25, -0.2) is 9.59 Å². The SMILES string of the molecule is CCOC(=O)C(CCP(=O)(CC(CCC(=O)OCc1ccccc1)C(=O)OCc1ccccc1)OCC)(NC(C)=O)C(=O)OCC. The minimum atomic E-state index is -3.83. The topological polar surface area (TPSA) is 161 Å². The van der Waals surface area contributed by atoms with Crippen LogP contribution in [0.25, 0.3) is 0 Å². The van der Waals surface area contributed by atoms with Gasteiger partial charge in [-0.15, -0.1) is 0 Å². The highest BCUT2D eigenvalue weighted by Gasteiger charge is 2.51. The number of carbonyl (C=O) groups excluding carboxylic acids is 5. The summed E-state index contributed by atoms with van der Waals surface area (Å²) in [6.07, 6.45) is -1.50. The third-order valence-corrected chi connectivity index (χ3v) is 9.46. The van der Waals surface area contributed by atoms with Crippen molar-refractivity contribution in [3.8, 4) is 0 Å². The number of rotatable bonds is 20. The fourth-order valence-corrected chi connectivity index (χ4v) is 7.18. The van der Waals surface area contributed by atoms with Gasteiger partial charge >= 0.3 is 23.9 Å². The maximum absolute atomic E-state index is 14.3. The van der Waals surface area contributed by atoms with Crippen LogP contribution in [0.2, 0.25) is 0 Å². The zero-order valence-electron chi connectivity index (χ0n) is 26.9. The van der Waals surface area contributed by atoms with Gasteiger partial charge in [0.05, 0.1) is 25.7 Å². The van der Waals surface area contributed by atoms with Gasteiger partial charge in [-0.1, -0.05) is 60.7 Å². The van der Waals surface area contributed by atoms with E-state index in [2.05, 4.69) is 5.32 Å². The molecular formula is C33H44NO11P. The molecule has 0 radical (unpaired) electrons. The zero-order valence-corrected chi connectivity index (χ0v) is 27.8. The second-order valence-corrected chi connectivity index (χ2v) is 13.1. The van der Waals surface area contributed by atoms with Crippen LogP contribution in [0.3, 0.4) is 0 Å². The first-order chi connectivity index (χ1) is 22.0. The third kappa shape index (κ3) is 12.4. The van der Waals surface area contributed by atoms with Crippen molar-refractivity contribution in [2.75, 3.05) is 32.1 Å². The Kier molecular flexibility index (Phi) is 16.2. The number of ether oxygens (including phenoxy) is 4. The van der Waals surface area contributed by atoms with Gasteiger partial charge < -0.3 is 28.8 Å². The first kappa shape index (κ1) is 38.2. The third-order valence-electron chi connectivity index (χ3n) is 6.82. The lowest BCUT2D eigenvalue weighted by Crippen LogP contribution is -2.61. The normalized spacial score (nSPS) is 13.0. The molecular weight excluding hydrogens is 617 g/mol. The van der Waals surface area contributed by atoms with Crippen LogP contribution in [0.4, 0.5) is 0 Å². The molecule has 0 saturated heterocycles. The van der Waals surface area contributed by atoms with E-state index in [1.807, 2.05) is 36.4 Å². The highest BCUT2D eigenvalue weighted by molar-refractivity contribution is 7.59. The maximum atomic E-state index is 14.3. The summed E-state index contributed by atoms with van der Waals surface area (Å²) in [5.41, 5.74) is -0.773. The lowest BCUT2D eigenvalue weighted by Gasteiger charge is -2.31. The second-order valence-electron chi connectivity index (χ2n) is 10.4. The molecule has 12 nitrogen and oxygen atoms in total. The van der Waals surface area contributed by atoms with E-state index in [0.717, 1.165) is 18.1 Å². The van der Waals surface area contributed by atoms with Gasteiger partial charge in [0.1, 0.15) is 13.2 Å². The monoisotopic (exact) mass is 661 g/mol. The molecule has 2 aromatic carbocycles. The smallest absolute Gasteiger partial charge is 0.343 e. The first-order valence-electron chi connectivity index (χ1n) is 15.2. The minimum absolute atomic E-state index is 0.0197. The summed E-state index contributed by atoms with van der Waals surface area (Å²) in [5, 5.41) is 2.34. The standard InChI is InChI=1S/C33H44NO11P/c1-5-41-31(38)33(34-25(4)35,32(39)42-6-2)20-21-46(40,45-7-3)24-28(30(37)44-23-27-16-12-9-13-17-27)18-19-29(36)43-22-26-14-10-8-11-15-26/h8-17,28H,5-7,18-24H2,1-4H3,(H,34,35). The van der Waals surface area contributed by atoms with Crippen LogP contribution < -0.4 is 5.32 Å². The highest BCUT2D eigenvalue weighted by Crippen LogP contribution is 2.51. The molecule has 0 aromatic heterocycles. The highest BCUT2D eigenvalue weighted by atomic mass is 31.2. The quantitative estimate of drug-likeness (QED) is 0.0916. The summed E-state index contributed by atoms with van der Waals surface area (Å²) in [6.45, 7) is 5.56. The number of nitrogens with one attached hydrogen (secondary N) is 1. The lowest BCUT2D eigenvalue weighted by molar-refractivity contribution is -0.168. The van der Waals surface area contributed by atoms with Crippen LogP contribution >= 0.6 is 7.37 Å². The molecule has 1 amide bonds. The average Bonchev–Trinajstić information content (AvgIpc) is 3.04. The summed E-state index contributed by atoms with van der Waals surface area (Å²) in [4.78, 5) is 64.3. The van der Waals surface area contributed by atoms with Crippen molar-refractivity contribution >= 4 is 37.2 Å². The number of esters is 4. The van der Waals surface area contributed by atoms with Gasteiger partial charge in [0.25, 0.3) is 0 Å². The molecule has 0 heterocycles. The van der Waals surface area contributed by atoms with Gasteiger partial charge in [0.2, 0.25) is 18.8 Å². The molecule has 0 aliphatic carbocycles. The van der Waals surface area contributed by atoms with Crippen LogP contribution in [0, 0.1) is 5.92 Å². The Labute approximate surface area is 269 Å². The molecule has 2 unspecified atom stereocenters. The van der Waals surface area contributed by atoms with Crippen LogP contribution in [0.1, 0.15) is 58.1 Å². The van der Waals surface area contributed by atoms with Gasteiger partial charge in [0.15, 0.2) is 0 Å². The van der Waals surface area contributed by atoms with Crippen molar-refractivity contribution in [1.82, 2.24) is 5.32 Å². The van der Waals surface area contributed by atoms with Crippen molar-refractivity contribution in [1.29, 1.82) is 0 Å². The molecule has 2 aromatic rings. The molecule has 1 N–H and O–H groups in total. The Morgan fingerprint density at radius 2 is 1.28 bits per heavy atom. The molecule has 0 fully saturated rings. The zero-order chi connectivity index (χ0) is 34.0. The molecule has 252 valence electrons. The van der Waals surface area contributed by atoms with E-state index in [0.29, 0.717) is 0 Å². The molecule has 2 rings (SSSR count).